The Bertz CT molecular complexity index is 1010. The van der Waals surface area contributed by atoms with Crippen molar-refractivity contribution in [3.63, 3.8) is 0 Å². The molecule has 0 unspecified atom stereocenters. The normalized spacial score (nSPS) is 10.6. The molecule has 0 saturated heterocycles. The van der Waals surface area contributed by atoms with Crippen molar-refractivity contribution >= 4 is 23.7 Å². The number of rotatable bonds is 8. The quantitative estimate of drug-likeness (QED) is 0.538. The first-order valence-electron chi connectivity index (χ1n) is 9.51. The SMILES string of the molecule is CCCNC(=O)NC(=O)CSc1nnc(-c2ccccc2F)n1Cc1ccccc1. The lowest BCUT2D eigenvalue weighted by atomic mass is 10.2. The summed E-state index contributed by atoms with van der Waals surface area (Å²) in [4.78, 5) is 23.7. The summed E-state index contributed by atoms with van der Waals surface area (Å²) in [6.45, 7) is 2.83. The van der Waals surface area contributed by atoms with Crippen molar-refractivity contribution in [2.75, 3.05) is 12.3 Å². The molecular weight excluding hydrogens is 405 g/mol. The van der Waals surface area contributed by atoms with E-state index in [0.29, 0.717) is 29.6 Å². The van der Waals surface area contributed by atoms with E-state index in [1.54, 1.807) is 22.8 Å². The smallest absolute Gasteiger partial charge is 0.321 e. The number of amides is 3. The van der Waals surface area contributed by atoms with E-state index in [2.05, 4.69) is 20.8 Å². The maximum Gasteiger partial charge on any atom is 0.321 e. The van der Waals surface area contributed by atoms with Gasteiger partial charge in [0.25, 0.3) is 0 Å². The molecule has 1 heterocycles. The van der Waals surface area contributed by atoms with Crippen molar-refractivity contribution in [1.82, 2.24) is 25.4 Å². The average Bonchev–Trinajstić information content (AvgIpc) is 3.14. The molecule has 7 nitrogen and oxygen atoms in total. The second-order valence-electron chi connectivity index (χ2n) is 6.45. The molecular formula is C21H22FN5O2S. The topological polar surface area (TPSA) is 88.9 Å². The molecule has 0 bridgehead atoms. The van der Waals surface area contributed by atoms with Crippen LogP contribution >= 0.6 is 11.8 Å². The Balaban J connectivity index is 1.79. The molecule has 3 amide bonds. The molecule has 0 radical (unpaired) electrons. The standard InChI is InChI=1S/C21H22FN5O2S/c1-2-12-23-20(29)24-18(28)14-30-21-26-25-19(16-10-6-7-11-17(16)22)27(21)13-15-8-4-3-5-9-15/h3-11H,2,12-14H2,1H3,(H2,23,24,28,29). The lowest BCUT2D eigenvalue weighted by molar-refractivity contribution is -0.117. The Morgan fingerprint density at radius 3 is 2.53 bits per heavy atom. The molecule has 0 spiro atoms. The highest BCUT2D eigenvalue weighted by Crippen LogP contribution is 2.26. The molecule has 0 aliphatic carbocycles. The Morgan fingerprint density at radius 1 is 1.07 bits per heavy atom. The zero-order valence-electron chi connectivity index (χ0n) is 16.5. The third-order valence-corrected chi connectivity index (χ3v) is 5.10. The van der Waals surface area contributed by atoms with E-state index in [1.807, 2.05) is 37.3 Å². The fourth-order valence-electron chi connectivity index (χ4n) is 2.72. The Kier molecular flexibility index (Phi) is 7.56. The van der Waals surface area contributed by atoms with Crippen molar-refractivity contribution in [2.45, 2.75) is 25.0 Å². The van der Waals surface area contributed by atoms with E-state index in [9.17, 15) is 14.0 Å². The van der Waals surface area contributed by atoms with Crippen LogP contribution in [0.3, 0.4) is 0 Å². The molecule has 0 atom stereocenters. The Hall–Kier alpha value is -3.20. The van der Waals surface area contributed by atoms with Gasteiger partial charge in [-0.2, -0.15) is 0 Å². The van der Waals surface area contributed by atoms with Gasteiger partial charge in [0.15, 0.2) is 11.0 Å². The van der Waals surface area contributed by atoms with Gasteiger partial charge in [0, 0.05) is 6.54 Å². The van der Waals surface area contributed by atoms with Crippen molar-refractivity contribution in [2.24, 2.45) is 0 Å². The van der Waals surface area contributed by atoms with Gasteiger partial charge in [0.05, 0.1) is 17.9 Å². The van der Waals surface area contributed by atoms with Crippen LogP contribution in [-0.2, 0) is 11.3 Å². The Labute approximate surface area is 178 Å². The number of halogens is 1. The molecule has 30 heavy (non-hydrogen) atoms. The van der Waals surface area contributed by atoms with E-state index in [1.165, 1.54) is 6.07 Å². The molecule has 2 aromatic carbocycles. The largest absolute Gasteiger partial charge is 0.338 e. The zero-order chi connectivity index (χ0) is 21.3. The summed E-state index contributed by atoms with van der Waals surface area (Å²) in [5.41, 5.74) is 1.32. The highest BCUT2D eigenvalue weighted by molar-refractivity contribution is 7.99. The first kappa shape index (κ1) is 21.5. The van der Waals surface area contributed by atoms with Gasteiger partial charge in [-0.25, -0.2) is 9.18 Å². The molecule has 9 heteroatoms. The zero-order valence-corrected chi connectivity index (χ0v) is 17.3. The molecule has 0 aliphatic rings. The van der Waals surface area contributed by atoms with E-state index in [-0.39, 0.29) is 5.75 Å². The predicted molar refractivity (Wildman–Crippen MR) is 114 cm³/mol. The Morgan fingerprint density at radius 2 is 1.80 bits per heavy atom. The van der Waals surface area contributed by atoms with Crippen molar-refractivity contribution < 1.29 is 14.0 Å². The highest BCUT2D eigenvalue weighted by atomic mass is 32.2. The van der Waals surface area contributed by atoms with E-state index in [0.717, 1.165) is 23.7 Å². The molecule has 0 fully saturated rings. The van der Waals surface area contributed by atoms with Crippen LogP contribution in [0.4, 0.5) is 9.18 Å². The minimum absolute atomic E-state index is 0.0241. The molecule has 0 aliphatic heterocycles. The van der Waals surface area contributed by atoms with Gasteiger partial charge in [-0.05, 0) is 24.1 Å². The molecule has 3 rings (SSSR count). The van der Waals surface area contributed by atoms with E-state index in [4.69, 9.17) is 0 Å². The third-order valence-electron chi connectivity index (χ3n) is 4.14. The number of thioether (sulfide) groups is 1. The lowest BCUT2D eigenvalue weighted by Crippen LogP contribution is -2.40. The second-order valence-corrected chi connectivity index (χ2v) is 7.39. The minimum Gasteiger partial charge on any atom is -0.338 e. The number of hydrogen-bond donors (Lipinski definition) is 2. The fourth-order valence-corrected chi connectivity index (χ4v) is 3.46. The number of nitrogens with one attached hydrogen (secondary N) is 2. The number of benzene rings is 2. The van der Waals surface area contributed by atoms with Gasteiger partial charge >= 0.3 is 6.03 Å². The van der Waals surface area contributed by atoms with Gasteiger partial charge in [-0.3, -0.25) is 14.7 Å². The van der Waals surface area contributed by atoms with Gasteiger partial charge in [0.2, 0.25) is 5.91 Å². The van der Waals surface area contributed by atoms with Crippen LogP contribution in [0.1, 0.15) is 18.9 Å². The van der Waals surface area contributed by atoms with Crippen LogP contribution in [0.2, 0.25) is 0 Å². The number of carbonyl (C=O) groups is 2. The maximum atomic E-state index is 14.4. The number of carbonyl (C=O) groups excluding carboxylic acids is 2. The number of aromatic nitrogens is 3. The molecule has 1 aromatic heterocycles. The molecule has 0 saturated carbocycles. The number of urea groups is 1. The van der Waals surface area contributed by atoms with E-state index >= 15 is 0 Å². The summed E-state index contributed by atoms with van der Waals surface area (Å²) < 4.78 is 16.1. The molecule has 2 N–H and O–H groups in total. The summed E-state index contributed by atoms with van der Waals surface area (Å²) >= 11 is 1.14. The summed E-state index contributed by atoms with van der Waals surface area (Å²) in [6, 6.07) is 15.5. The van der Waals surface area contributed by atoms with Crippen LogP contribution in [0.5, 0.6) is 0 Å². The summed E-state index contributed by atoms with van der Waals surface area (Å²) in [5.74, 6) is -0.499. The van der Waals surface area contributed by atoms with Crippen molar-refractivity contribution in [3.05, 3.63) is 66.0 Å². The van der Waals surface area contributed by atoms with Gasteiger partial charge in [-0.15, -0.1) is 10.2 Å². The molecule has 3 aromatic rings. The number of nitrogens with zero attached hydrogens (tertiary/aromatic N) is 3. The first-order valence-corrected chi connectivity index (χ1v) is 10.5. The van der Waals surface area contributed by atoms with Crippen LogP contribution in [-0.4, -0.2) is 39.0 Å². The van der Waals surface area contributed by atoms with Gasteiger partial charge < -0.3 is 5.32 Å². The number of hydrogen-bond acceptors (Lipinski definition) is 5. The van der Waals surface area contributed by atoms with Crippen LogP contribution in [0.25, 0.3) is 11.4 Å². The number of imide groups is 1. The average molecular weight is 428 g/mol. The summed E-state index contributed by atoms with van der Waals surface area (Å²) in [5, 5.41) is 13.6. The lowest BCUT2D eigenvalue weighted by Gasteiger charge is -2.11. The maximum absolute atomic E-state index is 14.4. The molecule has 156 valence electrons. The fraction of sp³-hybridized carbons (Fsp3) is 0.238. The first-order chi connectivity index (χ1) is 14.6. The summed E-state index contributed by atoms with van der Waals surface area (Å²) in [6.07, 6.45) is 0.776. The van der Waals surface area contributed by atoms with Gasteiger partial charge in [-0.1, -0.05) is 61.2 Å². The van der Waals surface area contributed by atoms with E-state index < -0.39 is 17.8 Å². The highest BCUT2D eigenvalue weighted by Gasteiger charge is 2.18. The van der Waals surface area contributed by atoms with Crippen LogP contribution in [0, 0.1) is 5.82 Å². The van der Waals surface area contributed by atoms with Crippen LogP contribution in [0.15, 0.2) is 59.8 Å². The summed E-state index contributed by atoms with van der Waals surface area (Å²) in [7, 11) is 0. The van der Waals surface area contributed by atoms with Crippen LogP contribution < -0.4 is 10.6 Å². The third kappa shape index (κ3) is 5.66. The van der Waals surface area contributed by atoms with Crippen molar-refractivity contribution in [1.29, 1.82) is 0 Å². The second kappa shape index (κ2) is 10.5. The minimum atomic E-state index is -0.528. The monoisotopic (exact) mass is 427 g/mol. The predicted octanol–water partition coefficient (Wildman–Crippen LogP) is 3.46. The van der Waals surface area contributed by atoms with Crippen molar-refractivity contribution in [3.8, 4) is 11.4 Å². The van der Waals surface area contributed by atoms with Gasteiger partial charge in [0.1, 0.15) is 5.82 Å².